The molecule has 1 saturated carbocycles. The van der Waals surface area contributed by atoms with Crippen LogP contribution in [0.3, 0.4) is 0 Å². The number of carbonyl (C=O) groups is 1. The van der Waals surface area contributed by atoms with Gasteiger partial charge in [0, 0.05) is 6.04 Å². The number of carboxylic acids is 1. The SMILES string of the molecule is C=C1C[C@H](N)[C@H]1C(=O)O. The number of aliphatic carboxylic acids is 1. The molecular formula is C6H9NO2. The van der Waals surface area contributed by atoms with E-state index in [1.165, 1.54) is 0 Å². The van der Waals surface area contributed by atoms with E-state index in [1.54, 1.807) is 0 Å². The fraction of sp³-hybridized carbons (Fsp3) is 0.500. The lowest BCUT2D eigenvalue weighted by molar-refractivity contribution is -0.142. The predicted octanol–water partition coefficient (Wildman–Crippen LogP) is -0.0256. The Morgan fingerprint density at radius 1 is 1.89 bits per heavy atom. The van der Waals surface area contributed by atoms with E-state index in [9.17, 15) is 4.79 Å². The topological polar surface area (TPSA) is 63.3 Å². The van der Waals surface area contributed by atoms with Crippen LogP contribution in [-0.4, -0.2) is 17.1 Å². The number of hydrogen-bond acceptors (Lipinski definition) is 2. The minimum absolute atomic E-state index is 0.199. The smallest absolute Gasteiger partial charge is 0.312 e. The van der Waals surface area contributed by atoms with Crippen molar-refractivity contribution in [3.8, 4) is 0 Å². The quantitative estimate of drug-likeness (QED) is 0.486. The van der Waals surface area contributed by atoms with Crippen LogP contribution in [0.1, 0.15) is 6.42 Å². The highest BCUT2D eigenvalue weighted by Gasteiger charge is 2.37. The lowest BCUT2D eigenvalue weighted by Gasteiger charge is -2.32. The monoisotopic (exact) mass is 127 g/mol. The fourth-order valence-electron chi connectivity index (χ4n) is 1.05. The van der Waals surface area contributed by atoms with Crippen LogP contribution >= 0.6 is 0 Å². The lowest BCUT2D eigenvalue weighted by atomic mass is 9.76. The summed E-state index contributed by atoms with van der Waals surface area (Å²) in [6, 6.07) is -0.199. The molecule has 0 radical (unpaired) electrons. The van der Waals surface area contributed by atoms with Gasteiger partial charge < -0.3 is 10.8 Å². The van der Waals surface area contributed by atoms with Crippen LogP contribution in [0.15, 0.2) is 12.2 Å². The van der Waals surface area contributed by atoms with Crippen molar-refractivity contribution >= 4 is 5.97 Å². The fourth-order valence-corrected chi connectivity index (χ4v) is 1.05. The van der Waals surface area contributed by atoms with Crippen LogP contribution in [0.25, 0.3) is 0 Å². The molecule has 3 N–H and O–H groups in total. The first-order valence-corrected chi connectivity index (χ1v) is 2.79. The lowest BCUT2D eigenvalue weighted by Crippen LogP contribution is -2.45. The Morgan fingerprint density at radius 2 is 2.44 bits per heavy atom. The maximum Gasteiger partial charge on any atom is 0.312 e. The molecule has 0 heterocycles. The van der Waals surface area contributed by atoms with Crippen LogP contribution in [0.5, 0.6) is 0 Å². The molecule has 0 aromatic heterocycles. The number of nitrogens with two attached hydrogens (primary N) is 1. The van der Waals surface area contributed by atoms with Gasteiger partial charge in [0.1, 0.15) is 0 Å². The van der Waals surface area contributed by atoms with Crippen molar-refractivity contribution in [2.45, 2.75) is 12.5 Å². The summed E-state index contributed by atoms with van der Waals surface area (Å²) in [6.07, 6.45) is 0.664. The summed E-state index contributed by atoms with van der Waals surface area (Å²) < 4.78 is 0. The Labute approximate surface area is 53.2 Å². The van der Waals surface area contributed by atoms with Gasteiger partial charge in [-0.1, -0.05) is 12.2 Å². The molecule has 2 atom stereocenters. The third kappa shape index (κ3) is 0.833. The molecule has 9 heavy (non-hydrogen) atoms. The van der Waals surface area contributed by atoms with Gasteiger partial charge in [-0.25, -0.2) is 0 Å². The molecule has 0 saturated heterocycles. The van der Waals surface area contributed by atoms with E-state index in [0.29, 0.717) is 6.42 Å². The third-order valence-electron chi connectivity index (χ3n) is 1.63. The first-order chi connectivity index (χ1) is 4.13. The van der Waals surface area contributed by atoms with E-state index in [1.807, 2.05) is 0 Å². The van der Waals surface area contributed by atoms with Crippen molar-refractivity contribution in [1.29, 1.82) is 0 Å². The first-order valence-electron chi connectivity index (χ1n) is 2.79. The Hall–Kier alpha value is -0.830. The second kappa shape index (κ2) is 1.84. The summed E-state index contributed by atoms with van der Waals surface area (Å²) in [5.41, 5.74) is 6.12. The summed E-state index contributed by atoms with van der Waals surface area (Å²) in [6.45, 7) is 3.55. The van der Waals surface area contributed by atoms with Gasteiger partial charge in [0.2, 0.25) is 0 Å². The standard InChI is InChI=1S/C6H9NO2/c1-3-2-4(7)5(3)6(8)9/h4-5H,1-2,7H2,(H,8,9)/t4-,5-/m0/s1. The van der Waals surface area contributed by atoms with Crippen molar-refractivity contribution in [3.63, 3.8) is 0 Å². The Balaban J connectivity index is 2.59. The molecule has 0 aromatic carbocycles. The van der Waals surface area contributed by atoms with E-state index in [0.717, 1.165) is 5.57 Å². The van der Waals surface area contributed by atoms with Crippen molar-refractivity contribution in [3.05, 3.63) is 12.2 Å². The Morgan fingerprint density at radius 3 is 2.56 bits per heavy atom. The van der Waals surface area contributed by atoms with Gasteiger partial charge in [0.25, 0.3) is 0 Å². The highest BCUT2D eigenvalue weighted by Crippen LogP contribution is 2.30. The largest absolute Gasteiger partial charge is 0.481 e. The van der Waals surface area contributed by atoms with Crippen LogP contribution in [0.4, 0.5) is 0 Å². The molecule has 3 nitrogen and oxygen atoms in total. The van der Waals surface area contributed by atoms with Gasteiger partial charge in [-0.3, -0.25) is 4.79 Å². The number of hydrogen-bond donors (Lipinski definition) is 2. The summed E-state index contributed by atoms with van der Waals surface area (Å²) >= 11 is 0. The van der Waals surface area contributed by atoms with Crippen molar-refractivity contribution in [2.24, 2.45) is 11.7 Å². The normalized spacial score (nSPS) is 33.7. The van der Waals surface area contributed by atoms with E-state index in [2.05, 4.69) is 6.58 Å². The third-order valence-corrected chi connectivity index (χ3v) is 1.63. The first kappa shape index (κ1) is 6.29. The zero-order valence-electron chi connectivity index (χ0n) is 5.00. The molecular weight excluding hydrogens is 118 g/mol. The second-order valence-corrected chi connectivity index (χ2v) is 2.34. The number of carboxylic acid groups (broad SMARTS) is 1. The van der Waals surface area contributed by atoms with Gasteiger partial charge in [-0.05, 0) is 6.42 Å². The Bertz CT molecular complexity index is 156. The predicted molar refractivity (Wildman–Crippen MR) is 32.9 cm³/mol. The van der Waals surface area contributed by atoms with Crippen LogP contribution < -0.4 is 5.73 Å². The average molecular weight is 127 g/mol. The van der Waals surface area contributed by atoms with E-state index < -0.39 is 11.9 Å². The summed E-state index contributed by atoms with van der Waals surface area (Å²) in [5.74, 6) is -1.33. The average Bonchev–Trinajstić information content (AvgIpc) is 1.62. The van der Waals surface area contributed by atoms with Crippen molar-refractivity contribution in [1.82, 2.24) is 0 Å². The molecule has 1 aliphatic carbocycles. The van der Waals surface area contributed by atoms with Gasteiger partial charge in [0.15, 0.2) is 0 Å². The molecule has 1 aliphatic rings. The molecule has 1 rings (SSSR count). The van der Waals surface area contributed by atoms with Crippen LogP contribution in [-0.2, 0) is 4.79 Å². The van der Waals surface area contributed by atoms with E-state index in [-0.39, 0.29) is 6.04 Å². The van der Waals surface area contributed by atoms with Crippen LogP contribution in [0.2, 0.25) is 0 Å². The van der Waals surface area contributed by atoms with Crippen molar-refractivity contribution < 1.29 is 9.90 Å². The van der Waals surface area contributed by atoms with E-state index in [4.69, 9.17) is 10.8 Å². The molecule has 0 unspecified atom stereocenters. The molecule has 3 heteroatoms. The minimum Gasteiger partial charge on any atom is -0.481 e. The zero-order chi connectivity index (χ0) is 7.02. The number of rotatable bonds is 1. The maximum atomic E-state index is 10.3. The second-order valence-electron chi connectivity index (χ2n) is 2.34. The molecule has 0 aromatic rings. The highest BCUT2D eigenvalue weighted by molar-refractivity contribution is 5.76. The molecule has 0 amide bonds. The summed E-state index contributed by atoms with van der Waals surface area (Å²) in [7, 11) is 0. The van der Waals surface area contributed by atoms with Crippen LogP contribution in [0, 0.1) is 5.92 Å². The summed E-state index contributed by atoms with van der Waals surface area (Å²) in [5, 5.41) is 8.43. The highest BCUT2D eigenvalue weighted by atomic mass is 16.4. The Kier molecular flexibility index (Phi) is 1.29. The summed E-state index contributed by atoms with van der Waals surface area (Å²) in [4.78, 5) is 10.3. The molecule has 0 bridgehead atoms. The van der Waals surface area contributed by atoms with Gasteiger partial charge in [-0.15, -0.1) is 0 Å². The van der Waals surface area contributed by atoms with Gasteiger partial charge in [0.05, 0.1) is 5.92 Å². The molecule has 0 aliphatic heterocycles. The maximum absolute atomic E-state index is 10.3. The molecule has 0 spiro atoms. The zero-order valence-corrected chi connectivity index (χ0v) is 5.00. The van der Waals surface area contributed by atoms with E-state index >= 15 is 0 Å². The molecule has 50 valence electrons. The minimum atomic E-state index is -0.848. The van der Waals surface area contributed by atoms with Gasteiger partial charge in [-0.2, -0.15) is 0 Å². The molecule has 1 fully saturated rings. The van der Waals surface area contributed by atoms with Gasteiger partial charge >= 0.3 is 5.97 Å². The van der Waals surface area contributed by atoms with Crippen molar-refractivity contribution in [2.75, 3.05) is 0 Å².